The Balaban J connectivity index is 2.24. The summed E-state index contributed by atoms with van der Waals surface area (Å²) in [5.41, 5.74) is 0.581. The van der Waals surface area contributed by atoms with Crippen LogP contribution in [0.4, 0.5) is 0 Å². The predicted octanol–water partition coefficient (Wildman–Crippen LogP) is 0.154. The van der Waals surface area contributed by atoms with E-state index in [9.17, 15) is 4.79 Å². The van der Waals surface area contributed by atoms with Crippen molar-refractivity contribution in [3.8, 4) is 11.4 Å². The van der Waals surface area contributed by atoms with Crippen molar-refractivity contribution in [2.24, 2.45) is 0 Å². The van der Waals surface area contributed by atoms with Gasteiger partial charge in [-0.1, -0.05) is 5.16 Å². The number of carbonyl (C=O) groups is 1. The third-order valence-electron chi connectivity index (χ3n) is 1.59. The first-order chi connectivity index (χ1) is 7.25. The number of rotatable bonds is 3. The Morgan fingerprint density at radius 3 is 2.80 bits per heavy atom. The Morgan fingerprint density at radius 2 is 2.13 bits per heavy atom. The molecule has 2 heterocycles. The lowest BCUT2D eigenvalue weighted by Gasteiger charge is -1.88. The Hall–Kier alpha value is -2.31. The largest absolute Gasteiger partial charge is 0.481 e. The maximum absolute atomic E-state index is 10.4. The van der Waals surface area contributed by atoms with E-state index in [-0.39, 0.29) is 18.1 Å². The summed E-state index contributed by atoms with van der Waals surface area (Å²) in [6.45, 7) is 0. The van der Waals surface area contributed by atoms with E-state index in [2.05, 4.69) is 20.1 Å². The normalized spacial score (nSPS) is 10.1. The molecule has 1 N–H and O–H groups in total. The summed E-state index contributed by atoms with van der Waals surface area (Å²) in [5.74, 6) is -0.678. The zero-order chi connectivity index (χ0) is 10.7. The zero-order valence-electron chi connectivity index (χ0n) is 7.49. The van der Waals surface area contributed by atoms with Gasteiger partial charge in [0.05, 0.1) is 5.56 Å². The molecule has 0 bridgehead atoms. The Labute approximate surface area is 83.8 Å². The molecule has 2 rings (SSSR count). The van der Waals surface area contributed by atoms with Crippen molar-refractivity contribution in [1.29, 1.82) is 0 Å². The van der Waals surface area contributed by atoms with Crippen molar-refractivity contribution in [3.63, 3.8) is 0 Å². The van der Waals surface area contributed by atoms with Crippen molar-refractivity contribution in [2.75, 3.05) is 0 Å². The second-order valence-corrected chi connectivity index (χ2v) is 2.71. The molecule has 7 nitrogen and oxygen atoms in total. The standard InChI is InChI=1S/C8H6N4O3/c13-7(14)1-6-11-8(12-15-6)5-2-9-4-10-3-5/h2-4H,1H2,(H,13,14). The molecular weight excluding hydrogens is 200 g/mol. The first kappa shape index (κ1) is 9.25. The highest BCUT2D eigenvalue weighted by Gasteiger charge is 2.11. The van der Waals surface area contributed by atoms with Crippen LogP contribution in [0.15, 0.2) is 23.2 Å². The first-order valence-corrected chi connectivity index (χ1v) is 4.05. The molecule has 0 aromatic carbocycles. The van der Waals surface area contributed by atoms with Gasteiger partial charge in [-0.3, -0.25) is 4.79 Å². The van der Waals surface area contributed by atoms with Gasteiger partial charge in [-0.15, -0.1) is 0 Å². The minimum atomic E-state index is -1.02. The van der Waals surface area contributed by atoms with Crippen molar-refractivity contribution < 1.29 is 14.4 Å². The van der Waals surface area contributed by atoms with Gasteiger partial charge in [0.2, 0.25) is 11.7 Å². The van der Waals surface area contributed by atoms with Crippen molar-refractivity contribution in [3.05, 3.63) is 24.6 Å². The van der Waals surface area contributed by atoms with E-state index < -0.39 is 5.97 Å². The molecule has 2 aromatic rings. The number of hydrogen-bond acceptors (Lipinski definition) is 6. The van der Waals surface area contributed by atoms with Gasteiger partial charge in [-0.2, -0.15) is 4.98 Å². The van der Waals surface area contributed by atoms with E-state index in [4.69, 9.17) is 9.63 Å². The molecule has 0 atom stereocenters. The third-order valence-corrected chi connectivity index (χ3v) is 1.59. The molecule has 0 aliphatic heterocycles. The summed E-state index contributed by atoms with van der Waals surface area (Å²) >= 11 is 0. The third kappa shape index (κ3) is 2.13. The number of aliphatic carboxylic acids is 1. The molecular formula is C8H6N4O3. The zero-order valence-corrected chi connectivity index (χ0v) is 7.49. The van der Waals surface area contributed by atoms with Crippen molar-refractivity contribution >= 4 is 5.97 Å². The van der Waals surface area contributed by atoms with E-state index in [1.54, 1.807) is 0 Å². The quantitative estimate of drug-likeness (QED) is 0.762. The van der Waals surface area contributed by atoms with E-state index in [0.29, 0.717) is 5.56 Å². The number of carboxylic acids is 1. The molecule has 0 unspecified atom stereocenters. The lowest BCUT2D eigenvalue weighted by Crippen LogP contribution is -1.99. The molecule has 15 heavy (non-hydrogen) atoms. The summed E-state index contributed by atoms with van der Waals surface area (Å²) in [4.78, 5) is 21.8. The van der Waals surface area contributed by atoms with Gasteiger partial charge in [-0.05, 0) is 0 Å². The van der Waals surface area contributed by atoms with Crippen LogP contribution in [0.5, 0.6) is 0 Å². The molecule has 0 fully saturated rings. The fraction of sp³-hybridized carbons (Fsp3) is 0.125. The van der Waals surface area contributed by atoms with Crippen LogP contribution < -0.4 is 0 Å². The maximum Gasteiger partial charge on any atom is 0.312 e. The Bertz CT molecular complexity index is 468. The molecule has 0 saturated heterocycles. The summed E-state index contributed by atoms with van der Waals surface area (Å²) in [7, 11) is 0. The van der Waals surface area contributed by atoms with Gasteiger partial charge in [0.1, 0.15) is 12.7 Å². The highest BCUT2D eigenvalue weighted by atomic mass is 16.5. The minimum absolute atomic E-state index is 0.0568. The lowest BCUT2D eigenvalue weighted by atomic mass is 10.3. The molecule has 0 spiro atoms. The smallest absolute Gasteiger partial charge is 0.312 e. The van der Waals surface area contributed by atoms with Gasteiger partial charge in [-0.25, -0.2) is 9.97 Å². The van der Waals surface area contributed by atoms with Crippen molar-refractivity contribution in [2.45, 2.75) is 6.42 Å². The SMILES string of the molecule is O=C(O)Cc1nc(-c2cncnc2)no1. The van der Waals surface area contributed by atoms with E-state index in [0.717, 1.165) is 0 Å². The fourth-order valence-corrected chi connectivity index (χ4v) is 0.988. The molecule has 76 valence electrons. The van der Waals surface area contributed by atoms with E-state index in [1.807, 2.05) is 0 Å². The van der Waals surface area contributed by atoms with Gasteiger partial charge >= 0.3 is 5.97 Å². The predicted molar refractivity (Wildman–Crippen MR) is 46.7 cm³/mol. The number of nitrogens with zero attached hydrogens (tertiary/aromatic N) is 4. The second kappa shape index (κ2) is 3.82. The highest BCUT2D eigenvalue weighted by molar-refractivity contribution is 5.69. The summed E-state index contributed by atoms with van der Waals surface area (Å²) in [6.07, 6.45) is 4.12. The van der Waals surface area contributed by atoms with Crippen LogP contribution in [0.2, 0.25) is 0 Å². The van der Waals surface area contributed by atoms with Crippen LogP contribution >= 0.6 is 0 Å². The van der Waals surface area contributed by atoms with Crippen LogP contribution in [-0.4, -0.2) is 31.2 Å². The van der Waals surface area contributed by atoms with Crippen LogP contribution in [0, 0.1) is 0 Å². The summed E-state index contributed by atoms with van der Waals surface area (Å²) < 4.78 is 4.73. The maximum atomic E-state index is 10.4. The van der Waals surface area contributed by atoms with Gasteiger partial charge in [0.25, 0.3) is 0 Å². The van der Waals surface area contributed by atoms with Crippen LogP contribution in [0.3, 0.4) is 0 Å². The fourth-order valence-electron chi connectivity index (χ4n) is 0.988. The summed E-state index contributed by atoms with van der Waals surface area (Å²) in [6, 6.07) is 0. The second-order valence-electron chi connectivity index (χ2n) is 2.71. The molecule has 2 aromatic heterocycles. The molecule has 0 aliphatic carbocycles. The molecule has 0 aliphatic rings. The monoisotopic (exact) mass is 206 g/mol. The topological polar surface area (TPSA) is 102 Å². The Kier molecular flexibility index (Phi) is 2.36. The number of hydrogen-bond donors (Lipinski definition) is 1. The molecule has 7 heteroatoms. The van der Waals surface area contributed by atoms with Gasteiger partial charge < -0.3 is 9.63 Å². The molecule has 0 saturated carbocycles. The molecule has 0 radical (unpaired) electrons. The highest BCUT2D eigenvalue weighted by Crippen LogP contribution is 2.12. The van der Waals surface area contributed by atoms with Crippen molar-refractivity contribution in [1.82, 2.24) is 20.1 Å². The summed E-state index contributed by atoms with van der Waals surface area (Å²) in [5, 5.41) is 12.1. The average Bonchev–Trinajstić information content (AvgIpc) is 2.67. The Morgan fingerprint density at radius 1 is 1.40 bits per heavy atom. The van der Waals surface area contributed by atoms with Crippen LogP contribution in [-0.2, 0) is 11.2 Å². The molecule has 0 amide bonds. The van der Waals surface area contributed by atoms with Gasteiger partial charge in [0.15, 0.2) is 0 Å². The van der Waals surface area contributed by atoms with E-state index >= 15 is 0 Å². The van der Waals surface area contributed by atoms with Crippen LogP contribution in [0.25, 0.3) is 11.4 Å². The number of aromatic nitrogens is 4. The average molecular weight is 206 g/mol. The van der Waals surface area contributed by atoms with Crippen LogP contribution in [0.1, 0.15) is 5.89 Å². The lowest BCUT2D eigenvalue weighted by molar-refractivity contribution is -0.136. The van der Waals surface area contributed by atoms with E-state index in [1.165, 1.54) is 18.7 Å². The minimum Gasteiger partial charge on any atom is -0.481 e. The first-order valence-electron chi connectivity index (χ1n) is 4.05. The number of carboxylic acid groups (broad SMARTS) is 1. The van der Waals surface area contributed by atoms with Gasteiger partial charge in [0, 0.05) is 12.4 Å².